The second kappa shape index (κ2) is 9.64. The van der Waals surface area contributed by atoms with E-state index in [2.05, 4.69) is 45.5 Å². The molecule has 0 saturated carbocycles. The van der Waals surface area contributed by atoms with Crippen molar-refractivity contribution in [2.75, 3.05) is 44.4 Å². The molecule has 164 valence electrons. The monoisotopic (exact) mass is 429 g/mol. The Hall–Kier alpha value is -3.68. The summed E-state index contributed by atoms with van der Waals surface area (Å²) in [5, 5.41) is 17.1. The summed E-state index contributed by atoms with van der Waals surface area (Å²) in [6.45, 7) is 4.56. The smallest absolute Gasteiger partial charge is 0.220 e. The number of furan rings is 1. The topological polar surface area (TPSA) is 86.3 Å². The number of piperidine rings is 1. The van der Waals surface area contributed by atoms with Crippen LogP contribution in [0.5, 0.6) is 5.75 Å². The van der Waals surface area contributed by atoms with E-state index in [0.29, 0.717) is 23.7 Å². The molecule has 3 aromatic rings. The average molecular weight is 430 g/mol. The second-order valence-electron chi connectivity index (χ2n) is 8.06. The zero-order chi connectivity index (χ0) is 22.5. The van der Waals surface area contributed by atoms with Gasteiger partial charge in [-0.05, 0) is 63.7 Å². The Balaban J connectivity index is 1.52. The molecule has 32 heavy (non-hydrogen) atoms. The maximum absolute atomic E-state index is 9.52. The molecule has 3 heterocycles. The summed E-state index contributed by atoms with van der Waals surface area (Å²) < 4.78 is 11.1. The summed E-state index contributed by atoms with van der Waals surface area (Å²) in [5.74, 6) is 7.97. The van der Waals surface area contributed by atoms with E-state index >= 15 is 0 Å². The van der Waals surface area contributed by atoms with E-state index < -0.39 is 0 Å². The highest BCUT2D eigenvalue weighted by molar-refractivity contribution is 5.88. The van der Waals surface area contributed by atoms with Gasteiger partial charge in [-0.25, -0.2) is 4.98 Å². The fourth-order valence-electron chi connectivity index (χ4n) is 3.86. The molecule has 0 unspecified atom stereocenters. The van der Waals surface area contributed by atoms with Crippen molar-refractivity contribution in [3.05, 3.63) is 47.3 Å². The standard InChI is InChI=1S/C25H27N5O2/c1-17-6-7-21(22(13-17)31-3)27-10-4-5-19-20-14-25(28-16-24(20)32-23(19)15-26)29-18-8-11-30(2)12-9-18/h6-7,13-14,16,18,27H,8-12H2,1-3H3,(H,28,29). The molecule has 1 fully saturated rings. The molecule has 1 saturated heterocycles. The van der Waals surface area contributed by atoms with Crippen LogP contribution in [0, 0.1) is 30.1 Å². The largest absolute Gasteiger partial charge is 0.495 e. The highest BCUT2D eigenvalue weighted by Gasteiger charge is 2.18. The van der Waals surface area contributed by atoms with Crippen LogP contribution in [0.25, 0.3) is 11.0 Å². The number of fused-ring (bicyclic) bond motifs is 1. The summed E-state index contributed by atoms with van der Waals surface area (Å²) >= 11 is 0. The zero-order valence-corrected chi connectivity index (χ0v) is 18.7. The van der Waals surface area contributed by atoms with Crippen LogP contribution in [-0.4, -0.2) is 49.7 Å². The summed E-state index contributed by atoms with van der Waals surface area (Å²) in [5.41, 5.74) is 3.15. The molecule has 0 aliphatic carbocycles. The molecule has 2 aromatic heterocycles. The fraction of sp³-hybridized carbons (Fsp3) is 0.360. The van der Waals surface area contributed by atoms with Crippen molar-refractivity contribution in [3.8, 4) is 23.7 Å². The first-order valence-corrected chi connectivity index (χ1v) is 10.7. The first kappa shape index (κ1) is 21.5. The Morgan fingerprint density at radius 1 is 1.28 bits per heavy atom. The minimum atomic E-state index is 0.207. The fourth-order valence-corrected chi connectivity index (χ4v) is 3.86. The number of anilines is 2. The Morgan fingerprint density at radius 2 is 2.09 bits per heavy atom. The molecule has 0 atom stereocenters. The summed E-state index contributed by atoms with van der Waals surface area (Å²) in [6, 6.07) is 10.4. The quantitative estimate of drug-likeness (QED) is 0.593. The second-order valence-corrected chi connectivity index (χ2v) is 8.06. The normalized spacial score (nSPS) is 14.4. The summed E-state index contributed by atoms with van der Waals surface area (Å²) in [4.78, 5) is 6.80. The van der Waals surface area contributed by atoms with E-state index in [1.165, 1.54) is 0 Å². The number of likely N-dealkylation sites (tertiary alicyclic amines) is 1. The lowest BCUT2D eigenvalue weighted by Gasteiger charge is -2.29. The number of nitriles is 1. The Morgan fingerprint density at radius 3 is 2.84 bits per heavy atom. The van der Waals surface area contributed by atoms with Gasteiger partial charge in [0.2, 0.25) is 5.76 Å². The van der Waals surface area contributed by atoms with Crippen LogP contribution in [0.1, 0.15) is 29.7 Å². The van der Waals surface area contributed by atoms with Gasteiger partial charge in [0.05, 0.1) is 31.1 Å². The van der Waals surface area contributed by atoms with E-state index in [9.17, 15) is 5.26 Å². The number of hydrogen-bond acceptors (Lipinski definition) is 7. The minimum Gasteiger partial charge on any atom is -0.495 e. The predicted octanol–water partition coefficient (Wildman–Crippen LogP) is 3.99. The lowest BCUT2D eigenvalue weighted by molar-refractivity contribution is 0.263. The number of aryl methyl sites for hydroxylation is 1. The van der Waals surface area contributed by atoms with Gasteiger partial charge in [0.25, 0.3) is 0 Å². The van der Waals surface area contributed by atoms with Gasteiger partial charge in [0.1, 0.15) is 17.6 Å². The van der Waals surface area contributed by atoms with Crippen molar-refractivity contribution in [2.24, 2.45) is 0 Å². The molecule has 7 heteroatoms. The number of nitrogens with one attached hydrogen (secondary N) is 2. The van der Waals surface area contributed by atoms with Crippen molar-refractivity contribution in [3.63, 3.8) is 0 Å². The minimum absolute atomic E-state index is 0.207. The van der Waals surface area contributed by atoms with E-state index in [1.54, 1.807) is 13.3 Å². The number of nitrogens with zero attached hydrogens (tertiary/aromatic N) is 3. The number of methoxy groups -OCH3 is 1. The van der Waals surface area contributed by atoms with Crippen molar-refractivity contribution >= 4 is 22.5 Å². The highest BCUT2D eigenvalue weighted by Crippen LogP contribution is 2.27. The zero-order valence-electron chi connectivity index (χ0n) is 18.7. The van der Waals surface area contributed by atoms with Gasteiger partial charge < -0.3 is 24.7 Å². The van der Waals surface area contributed by atoms with Gasteiger partial charge in [-0.1, -0.05) is 17.9 Å². The SMILES string of the molecule is COc1cc(C)ccc1NCC#Cc1c(C#N)oc2cnc(NC3CCN(C)CC3)cc12. The van der Waals surface area contributed by atoms with E-state index in [1.807, 2.05) is 31.2 Å². The van der Waals surface area contributed by atoms with Crippen molar-refractivity contribution in [2.45, 2.75) is 25.8 Å². The molecule has 0 radical (unpaired) electrons. The average Bonchev–Trinajstić information content (AvgIpc) is 3.16. The third-order valence-electron chi connectivity index (χ3n) is 5.69. The molecule has 4 rings (SSSR count). The molecule has 1 aliphatic heterocycles. The third-order valence-corrected chi connectivity index (χ3v) is 5.69. The number of rotatable bonds is 5. The molecule has 2 N–H and O–H groups in total. The number of benzene rings is 1. The molecule has 1 aliphatic rings. The maximum Gasteiger partial charge on any atom is 0.220 e. The Kier molecular flexibility index (Phi) is 6.49. The van der Waals surface area contributed by atoms with E-state index in [-0.39, 0.29) is 5.76 Å². The van der Waals surface area contributed by atoms with Crippen molar-refractivity contribution < 1.29 is 9.15 Å². The number of aromatic nitrogens is 1. The van der Waals surface area contributed by atoms with Crippen molar-refractivity contribution in [1.29, 1.82) is 5.26 Å². The molecular formula is C25H27N5O2. The molecule has 0 amide bonds. The van der Waals surface area contributed by atoms with Gasteiger partial charge in [-0.3, -0.25) is 0 Å². The van der Waals surface area contributed by atoms with Crippen LogP contribution in [0.3, 0.4) is 0 Å². The first-order chi connectivity index (χ1) is 15.6. The van der Waals surface area contributed by atoms with Gasteiger partial charge >= 0.3 is 0 Å². The van der Waals surface area contributed by atoms with Gasteiger partial charge in [-0.2, -0.15) is 5.26 Å². The highest BCUT2D eigenvalue weighted by atomic mass is 16.5. The maximum atomic E-state index is 9.52. The van der Waals surface area contributed by atoms with Crippen LogP contribution in [0.2, 0.25) is 0 Å². The van der Waals surface area contributed by atoms with E-state index in [4.69, 9.17) is 9.15 Å². The number of ether oxygens (including phenoxy) is 1. The Bertz CT molecular complexity index is 1210. The lowest BCUT2D eigenvalue weighted by Crippen LogP contribution is -2.36. The molecule has 0 bridgehead atoms. The number of hydrogen-bond donors (Lipinski definition) is 2. The third kappa shape index (κ3) is 4.80. The summed E-state index contributed by atoms with van der Waals surface area (Å²) in [7, 11) is 3.79. The molecule has 7 nitrogen and oxygen atoms in total. The number of pyridine rings is 1. The van der Waals surface area contributed by atoms with Crippen LogP contribution >= 0.6 is 0 Å². The molecular weight excluding hydrogens is 402 g/mol. The van der Waals surface area contributed by atoms with Crippen LogP contribution < -0.4 is 15.4 Å². The molecule has 1 aromatic carbocycles. The molecule has 0 spiro atoms. The van der Waals surface area contributed by atoms with E-state index in [0.717, 1.165) is 54.1 Å². The van der Waals surface area contributed by atoms with Crippen LogP contribution in [0.15, 0.2) is 34.9 Å². The van der Waals surface area contributed by atoms with Gasteiger partial charge in [0.15, 0.2) is 5.58 Å². The van der Waals surface area contributed by atoms with Crippen LogP contribution in [-0.2, 0) is 0 Å². The predicted molar refractivity (Wildman–Crippen MR) is 126 cm³/mol. The van der Waals surface area contributed by atoms with Crippen LogP contribution in [0.4, 0.5) is 11.5 Å². The van der Waals surface area contributed by atoms with Crippen molar-refractivity contribution in [1.82, 2.24) is 9.88 Å². The Labute approximate surface area is 188 Å². The first-order valence-electron chi connectivity index (χ1n) is 10.7. The lowest BCUT2D eigenvalue weighted by atomic mass is 10.1. The van der Waals surface area contributed by atoms with Gasteiger partial charge in [0, 0.05) is 11.4 Å². The van der Waals surface area contributed by atoms with Gasteiger partial charge in [-0.15, -0.1) is 0 Å². The summed E-state index contributed by atoms with van der Waals surface area (Å²) in [6.07, 6.45) is 3.81.